The Morgan fingerprint density at radius 1 is 1.06 bits per heavy atom. The van der Waals surface area contributed by atoms with Crippen LogP contribution in [-0.4, -0.2) is 9.55 Å². The van der Waals surface area contributed by atoms with Gasteiger partial charge in [0, 0.05) is 5.69 Å². The van der Waals surface area contributed by atoms with Crippen molar-refractivity contribution in [2.45, 2.75) is 6.92 Å². The lowest BCUT2D eigenvalue weighted by molar-refractivity contribution is 1.00. The molecule has 0 spiro atoms. The van der Waals surface area contributed by atoms with Gasteiger partial charge in [-0.1, -0.05) is 12.1 Å². The van der Waals surface area contributed by atoms with Crippen molar-refractivity contribution in [2.75, 3.05) is 0 Å². The lowest BCUT2D eigenvalue weighted by Crippen LogP contribution is -1.96. The lowest BCUT2D eigenvalue weighted by atomic mass is 10.2. The second-order valence-electron chi connectivity index (χ2n) is 4.14. The number of hydrogen-bond donors (Lipinski definition) is 0. The van der Waals surface area contributed by atoms with Gasteiger partial charge in [-0.2, -0.15) is 5.26 Å². The van der Waals surface area contributed by atoms with Gasteiger partial charge >= 0.3 is 0 Å². The number of nitrogens with zero attached hydrogens (tertiary/aromatic N) is 3. The Balaban J connectivity index is 2.24. The van der Waals surface area contributed by atoms with Crippen molar-refractivity contribution in [3.8, 4) is 11.8 Å². The molecular formula is C15H11N3. The Hall–Kier alpha value is -2.60. The van der Waals surface area contributed by atoms with E-state index in [0.29, 0.717) is 5.56 Å². The molecule has 2 aromatic carbocycles. The number of fused-ring (bicyclic) bond motifs is 1. The molecule has 0 radical (unpaired) electrons. The van der Waals surface area contributed by atoms with Crippen LogP contribution in [0.4, 0.5) is 0 Å². The number of imidazole rings is 1. The van der Waals surface area contributed by atoms with Crippen LogP contribution in [0.2, 0.25) is 0 Å². The van der Waals surface area contributed by atoms with Crippen molar-refractivity contribution < 1.29 is 0 Å². The van der Waals surface area contributed by atoms with Crippen LogP contribution in [0.3, 0.4) is 0 Å². The Bertz CT molecular complexity index is 745. The Morgan fingerprint density at radius 2 is 1.78 bits per heavy atom. The van der Waals surface area contributed by atoms with Crippen LogP contribution in [0.25, 0.3) is 16.7 Å². The minimum atomic E-state index is 0.667. The van der Waals surface area contributed by atoms with Gasteiger partial charge < -0.3 is 0 Å². The molecule has 0 aliphatic heterocycles. The molecular weight excluding hydrogens is 222 g/mol. The van der Waals surface area contributed by atoms with Crippen LogP contribution in [0.15, 0.2) is 48.5 Å². The predicted molar refractivity (Wildman–Crippen MR) is 70.5 cm³/mol. The zero-order valence-corrected chi connectivity index (χ0v) is 9.96. The summed E-state index contributed by atoms with van der Waals surface area (Å²) in [5.41, 5.74) is 3.76. The van der Waals surface area contributed by atoms with Gasteiger partial charge in [0.15, 0.2) is 0 Å². The summed E-state index contributed by atoms with van der Waals surface area (Å²) in [6.07, 6.45) is 0. The number of nitriles is 1. The molecule has 0 saturated heterocycles. The van der Waals surface area contributed by atoms with E-state index < -0.39 is 0 Å². The Kier molecular flexibility index (Phi) is 2.35. The number of hydrogen-bond acceptors (Lipinski definition) is 2. The molecule has 0 unspecified atom stereocenters. The second-order valence-corrected chi connectivity index (χ2v) is 4.14. The highest BCUT2D eigenvalue weighted by Crippen LogP contribution is 2.21. The molecule has 0 fully saturated rings. The van der Waals surface area contributed by atoms with Crippen LogP contribution in [-0.2, 0) is 0 Å². The number of para-hydroxylation sites is 2. The SMILES string of the molecule is Cc1nc2ccccc2n1-c1ccc(C#N)cc1. The number of rotatable bonds is 1. The number of aromatic nitrogens is 2. The van der Waals surface area contributed by atoms with E-state index in [2.05, 4.69) is 15.6 Å². The summed E-state index contributed by atoms with van der Waals surface area (Å²) in [5.74, 6) is 0.945. The van der Waals surface area contributed by atoms with Gasteiger partial charge in [0.25, 0.3) is 0 Å². The third-order valence-electron chi connectivity index (χ3n) is 2.98. The Labute approximate surface area is 105 Å². The molecule has 3 aromatic rings. The smallest absolute Gasteiger partial charge is 0.111 e. The average molecular weight is 233 g/mol. The molecule has 1 heterocycles. The summed E-state index contributed by atoms with van der Waals surface area (Å²) in [6.45, 7) is 1.98. The minimum absolute atomic E-state index is 0.667. The van der Waals surface area contributed by atoms with E-state index in [4.69, 9.17) is 5.26 Å². The van der Waals surface area contributed by atoms with Crippen molar-refractivity contribution >= 4 is 11.0 Å². The fraction of sp³-hybridized carbons (Fsp3) is 0.0667. The van der Waals surface area contributed by atoms with E-state index in [1.165, 1.54) is 0 Å². The topological polar surface area (TPSA) is 41.6 Å². The molecule has 1 aromatic heterocycles. The summed E-state index contributed by atoms with van der Waals surface area (Å²) < 4.78 is 2.09. The Morgan fingerprint density at radius 3 is 2.50 bits per heavy atom. The van der Waals surface area contributed by atoms with Crippen LogP contribution >= 0.6 is 0 Å². The van der Waals surface area contributed by atoms with Crippen molar-refractivity contribution in [1.82, 2.24) is 9.55 Å². The van der Waals surface area contributed by atoms with Gasteiger partial charge in [-0.3, -0.25) is 4.57 Å². The normalized spacial score (nSPS) is 10.4. The van der Waals surface area contributed by atoms with E-state index in [1.54, 1.807) is 0 Å². The van der Waals surface area contributed by atoms with E-state index >= 15 is 0 Å². The molecule has 0 bridgehead atoms. The molecule has 18 heavy (non-hydrogen) atoms. The molecule has 86 valence electrons. The van der Waals surface area contributed by atoms with Gasteiger partial charge in [0.2, 0.25) is 0 Å². The lowest BCUT2D eigenvalue weighted by Gasteiger charge is -2.06. The number of benzene rings is 2. The third-order valence-corrected chi connectivity index (χ3v) is 2.98. The zero-order chi connectivity index (χ0) is 12.5. The van der Waals surface area contributed by atoms with Gasteiger partial charge in [-0.05, 0) is 43.3 Å². The van der Waals surface area contributed by atoms with E-state index in [-0.39, 0.29) is 0 Å². The number of aryl methyl sites for hydroxylation is 1. The van der Waals surface area contributed by atoms with Crippen molar-refractivity contribution in [3.63, 3.8) is 0 Å². The van der Waals surface area contributed by atoms with Crippen molar-refractivity contribution in [2.24, 2.45) is 0 Å². The van der Waals surface area contributed by atoms with Crippen LogP contribution in [0.1, 0.15) is 11.4 Å². The molecule has 0 N–H and O–H groups in total. The molecule has 3 nitrogen and oxygen atoms in total. The molecule has 0 aliphatic carbocycles. The molecule has 0 saturated carbocycles. The molecule has 0 atom stereocenters. The molecule has 3 heteroatoms. The highest BCUT2D eigenvalue weighted by Gasteiger charge is 2.08. The van der Waals surface area contributed by atoms with Gasteiger partial charge in [-0.25, -0.2) is 4.98 Å². The van der Waals surface area contributed by atoms with Crippen LogP contribution in [0, 0.1) is 18.3 Å². The summed E-state index contributed by atoms with van der Waals surface area (Å²) in [5, 5.41) is 8.82. The fourth-order valence-electron chi connectivity index (χ4n) is 2.16. The first-order valence-electron chi connectivity index (χ1n) is 5.74. The second kappa shape index (κ2) is 4.01. The summed E-state index contributed by atoms with van der Waals surface area (Å²) in [4.78, 5) is 4.53. The molecule has 0 aliphatic rings. The average Bonchev–Trinajstić information content (AvgIpc) is 2.75. The first kappa shape index (κ1) is 10.5. The van der Waals surface area contributed by atoms with Gasteiger partial charge in [0.1, 0.15) is 5.82 Å². The summed E-state index contributed by atoms with van der Waals surface area (Å²) in [6, 6.07) is 17.7. The summed E-state index contributed by atoms with van der Waals surface area (Å²) in [7, 11) is 0. The maximum atomic E-state index is 8.82. The van der Waals surface area contributed by atoms with Crippen LogP contribution in [0.5, 0.6) is 0 Å². The van der Waals surface area contributed by atoms with Crippen molar-refractivity contribution in [1.29, 1.82) is 5.26 Å². The monoisotopic (exact) mass is 233 g/mol. The molecule has 3 rings (SSSR count). The quantitative estimate of drug-likeness (QED) is 0.647. The zero-order valence-electron chi connectivity index (χ0n) is 9.96. The first-order valence-corrected chi connectivity index (χ1v) is 5.74. The predicted octanol–water partition coefficient (Wildman–Crippen LogP) is 3.21. The van der Waals surface area contributed by atoms with E-state index in [0.717, 1.165) is 22.5 Å². The molecule has 0 amide bonds. The van der Waals surface area contributed by atoms with Gasteiger partial charge in [0.05, 0.1) is 22.7 Å². The van der Waals surface area contributed by atoms with E-state index in [1.807, 2.05) is 55.5 Å². The summed E-state index contributed by atoms with van der Waals surface area (Å²) >= 11 is 0. The largest absolute Gasteiger partial charge is 0.297 e. The standard InChI is InChI=1S/C15H11N3/c1-11-17-14-4-2-3-5-15(14)18(11)13-8-6-12(10-16)7-9-13/h2-9H,1H3. The minimum Gasteiger partial charge on any atom is -0.297 e. The highest BCUT2D eigenvalue weighted by molar-refractivity contribution is 5.78. The van der Waals surface area contributed by atoms with Crippen molar-refractivity contribution in [3.05, 3.63) is 59.9 Å². The maximum Gasteiger partial charge on any atom is 0.111 e. The fourth-order valence-corrected chi connectivity index (χ4v) is 2.16. The van der Waals surface area contributed by atoms with Gasteiger partial charge in [-0.15, -0.1) is 0 Å². The van der Waals surface area contributed by atoms with E-state index in [9.17, 15) is 0 Å². The highest BCUT2D eigenvalue weighted by atomic mass is 15.1. The maximum absolute atomic E-state index is 8.82. The third kappa shape index (κ3) is 1.56. The van der Waals surface area contributed by atoms with Crippen LogP contribution < -0.4 is 0 Å². The first-order chi connectivity index (χ1) is 8.79.